The first-order valence-corrected chi connectivity index (χ1v) is 5.73. The lowest BCUT2D eigenvalue weighted by Gasteiger charge is -2.04. The Bertz CT molecular complexity index is 400. The number of carbonyl (C=O) groups is 2. The lowest BCUT2D eigenvalue weighted by molar-refractivity contribution is -0.136. The summed E-state index contributed by atoms with van der Waals surface area (Å²) in [5.41, 5.74) is 1.05. The van der Waals surface area contributed by atoms with Crippen LogP contribution in [-0.2, 0) is 16.0 Å². The molecule has 0 spiro atoms. The van der Waals surface area contributed by atoms with Crippen molar-refractivity contribution in [3.05, 3.63) is 29.8 Å². The minimum absolute atomic E-state index is 0.0473. The van der Waals surface area contributed by atoms with E-state index < -0.39 is 5.97 Å². The van der Waals surface area contributed by atoms with E-state index in [1.165, 1.54) is 0 Å². The minimum atomic E-state index is -0.912. The number of nitrogens with one attached hydrogen (secondary N) is 1. The van der Waals surface area contributed by atoms with Gasteiger partial charge in [-0.25, -0.2) is 0 Å². The van der Waals surface area contributed by atoms with Crippen molar-refractivity contribution in [2.75, 3.05) is 13.7 Å². The number of ether oxygens (including phenoxy) is 1. The van der Waals surface area contributed by atoms with Crippen molar-refractivity contribution in [1.82, 2.24) is 5.32 Å². The van der Waals surface area contributed by atoms with Crippen LogP contribution in [0, 0.1) is 0 Å². The Morgan fingerprint density at radius 2 is 1.89 bits per heavy atom. The molecular formula is C13H17NO4. The van der Waals surface area contributed by atoms with Crippen LogP contribution in [-0.4, -0.2) is 30.6 Å². The van der Waals surface area contributed by atoms with Crippen molar-refractivity contribution in [2.24, 2.45) is 0 Å². The molecule has 0 unspecified atom stereocenters. The summed E-state index contributed by atoms with van der Waals surface area (Å²) >= 11 is 0. The average Bonchev–Trinajstić information content (AvgIpc) is 2.36. The summed E-state index contributed by atoms with van der Waals surface area (Å²) in [7, 11) is 1.60. The number of rotatable bonds is 7. The Labute approximate surface area is 106 Å². The van der Waals surface area contributed by atoms with Gasteiger partial charge in [0.25, 0.3) is 0 Å². The third-order valence-electron chi connectivity index (χ3n) is 2.46. The number of methoxy groups -OCH3 is 1. The lowest BCUT2D eigenvalue weighted by atomic mass is 10.1. The second-order valence-corrected chi connectivity index (χ2v) is 3.84. The highest BCUT2D eigenvalue weighted by Gasteiger charge is 2.03. The lowest BCUT2D eigenvalue weighted by Crippen LogP contribution is -2.26. The molecule has 2 N–H and O–H groups in total. The predicted octanol–water partition coefficient (Wildman–Crippen LogP) is 1.22. The van der Waals surface area contributed by atoms with Crippen molar-refractivity contribution in [3.8, 4) is 5.75 Å². The summed E-state index contributed by atoms with van der Waals surface area (Å²) in [5.74, 6) is -0.262. The molecule has 1 amide bonds. The Hall–Kier alpha value is -2.04. The van der Waals surface area contributed by atoms with E-state index in [9.17, 15) is 9.59 Å². The Kier molecular flexibility index (Phi) is 5.70. The van der Waals surface area contributed by atoms with Gasteiger partial charge in [-0.2, -0.15) is 0 Å². The number of benzene rings is 1. The molecule has 1 aromatic rings. The molecule has 0 saturated carbocycles. The number of amides is 1. The van der Waals surface area contributed by atoms with E-state index in [0.29, 0.717) is 12.8 Å². The number of carbonyl (C=O) groups excluding carboxylic acids is 1. The molecule has 0 atom stereocenters. The molecule has 0 aliphatic carbocycles. The van der Waals surface area contributed by atoms with Crippen molar-refractivity contribution in [1.29, 1.82) is 0 Å². The largest absolute Gasteiger partial charge is 0.497 e. The Morgan fingerprint density at radius 1 is 1.22 bits per heavy atom. The molecule has 0 aliphatic rings. The van der Waals surface area contributed by atoms with Crippen LogP contribution in [0.15, 0.2) is 24.3 Å². The van der Waals surface area contributed by atoms with E-state index >= 15 is 0 Å². The van der Waals surface area contributed by atoms with Crippen LogP contribution in [0.4, 0.5) is 0 Å². The molecule has 0 bridgehead atoms. The molecular weight excluding hydrogens is 234 g/mol. The van der Waals surface area contributed by atoms with Crippen molar-refractivity contribution in [2.45, 2.75) is 19.3 Å². The molecule has 18 heavy (non-hydrogen) atoms. The monoisotopic (exact) mass is 251 g/mol. The van der Waals surface area contributed by atoms with Gasteiger partial charge in [-0.3, -0.25) is 9.59 Å². The van der Waals surface area contributed by atoms with Crippen LogP contribution in [0.2, 0.25) is 0 Å². The van der Waals surface area contributed by atoms with Crippen LogP contribution >= 0.6 is 0 Å². The van der Waals surface area contributed by atoms with E-state index in [-0.39, 0.29) is 18.9 Å². The zero-order valence-corrected chi connectivity index (χ0v) is 10.3. The molecule has 0 saturated heterocycles. The van der Waals surface area contributed by atoms with Gasteiger partial charge in [0.1, 0.15) is 5.75 Å². The molecule has 0 fully saturated rings. The van der Waals surface area contributed by atoms with Gasteiger partial charge >= 0.3 is 5.97 Å². The smallest absolute Gasteiger partial charge is 0.305 e. The van der Waals surface area contributed by atoms with Crippen molar-refractivity contribution < 1.29 is 19.4 Å². The molecule has 1 rings (SSSR count). The van der Waals surface area contributed by atoms with Gasteiger partial charge < -0.3 is 15.2 Å². The number of hydrogen-bond acceptors (Lipinski definition) is 3. The van der Waals surface area contributed by atoms with Gasteiger partial charge in [-0.15, -0.1) is 0 Å². The number of aliphatic carboxylic acids is 1. The number of hydrogen-bond donors (Lipinski definition) is 2. The number of carboxylic acid groups (broad SMARTS) is 1. The van der Waals surface area contributed by atoms with E-state index in [4.69, 9.17) is 9.84 Å². The van der Waals surface area contributed by atoms with Gasteiger partial charge in [-0.05, 0) is 24.1 Å². The van der Waals surface area contributed by atoms with Crippen LogP contribution in [0.5, 0.6) is 5.75 Å². The summed E-state index contributed by atoms with van der Waals surface area (Å²) in [6.07, 6.45) is 0.934. The summed E-state index contributed by atoms with van der Waals surface area (Å²) in [4.78, 5) is 21.6. The second-order valence-electron chi connectivity index (χ2n) is 3.84. The first kappa shape index (κ1) is 14.0. The second kappa shape index (κ2) is 7.32. The van der Waals surface area contributed by atoms with E-state index in [0.717, 1.165) is 11.3 Å². The minimum Gasteiger partial charge on any atom is -0.497 e. The standard InChI is InChI=1S/C13H17NO4/c1-18-11-5-2-10(3-6-11)4-7-12(15)14-9-8-13(16)17/h2-3,5-6H,4,7-9H2,1H3,(H,14,15)(H,16,17). The highest BCUT2D eigenvalue weighted by molar-refractivity contribution is 5.77. The van der Waals surface area contributed by atoms with E-state index in [1.54, 1.807) is 7.11 Å². The van der Waals surface area contributed by atoms with Crippen LogP contribution in [0.3, 0.4) is 0 Å². The Balaban J connectivity index is 2.26. The SMILES string of the molecule is COc1ccc(CCC(=O)NCCC(=O)O)cc1. The van der Waals surface area contributed by atoms with Gasteiger partial charge in [-0.1, -0.05) is 12.1 Å². The molecule has 5 nitrogen and oxygen atoms in total. The molecule has 5 heteroatoms. The highest BCUT2D eigenvalue weighted by Crippen LogP contribution is 2.12. The van der Waals surface area contributed by atoms with Crippen LogP contribution < -0.4 is 10.1 Å². The van der Waals surface area contributed by atoms with Crippen LogP contribution in [0.25, 0.3) is 0 Å². The summed E-state index contributed by atoms with van der Waals surface area (Å²) in [6.45, 7) is 0.177. The first-order chi connectivity index (χ1) is 8.61. The third-order valence-corrected chi connectivity index (χ3v) is 2.46. The zero-order valence-electron chi connectivity index (χ0n) is 10.3. The normalized spacial score (nSPS) is 9.83. The molecule has 0 aromatic heterocycles. The third kappa shape index (κ3) is 5.34. The van der Waals surface area contributed by atoms with Crippen LogP contribution in [0.1, 0.15) is 18.4 Å². The van der Waals surface area contributed by atoms with Crippen molar-refractivity contribution >= 4 is 11.9 Å². The fraction of sp³-hybridized carbons (Fsp3) is 0.385. The molecule has 0 aliphatic heterocycles. The maximum atomic E-state index is 11.4. The maximum absolute atomic E-state index is 11.4. The zero-order chi connectivity index (χ0) is 13.4. The summed E-state index contributed by atoms with van der Waals surface area (Å²) in [6, 6.07) is 7.50. The fourth-order valence-electron chi connectivity index (χ4n) is 1.45. The number of carboxylic acids is 1. The Morgan fingerprint density at radius 3 is 2.44 bits per heavy atom. The van der Waals surface area contributed by atoms with Gasteiger partial charge in [0, 0.05) is 13.0 Å². The molecule has 98 valence electrons. The highest BCUT2D eigenvalue weighted by atomic mass is 16.5. The molecule has 0 radical (unpaired) electrons. The number of aryl methyl sites for hydroxylation is 1. The van der Waals surface area contributed by atoms with Gasteiger partial charge in [0.15, 0.2) is 0 Å². The van der Waals surface area contributed by atoms with E-state index in [1.807, 2.05) is 24.3 Å². The van der Waals surface area contributed by atoms with Gasteiger partial charge in [0.05, 0.1) is 13.5 Å². The predicted molar refractivity (Wildman–Crippen MR) is 66.6 cm³/mol. The average molecular weight is 251 g/mol. The first-order valence-electron chi connectivity index (χ1n) is 5.73. The summed E-state index contributed by atoms with van der Waals surface area (Å²) in [5, 5.41) is 11.0. The fourth-order valence-corrected chi connectivity index (χ4v) is 1.45. The topological polar surface area (TPSA) is 75.6 Å². The summed E-state index contributed by atoms with van der Waals surface area (Å²) < 4.78 is 5.04. The van der Waals surface area contributed by atoms with Gasteiger partial charge in [0.2, 0.25) is 5.91 Å². The molecule has 1 aromatic carbocycles. The quantitative estimate of drug-likeness (QED) is 0.764. The van der Waals surface area contributed by atoms with E-state index in [2.05, 4.69) is 5.32 Å². The van der Waals surface area contributed by atoms with Crippen molar-refractivity contribution in [3.63, 3.8) is 0 Å². The molecule has 0 heterocycles. The maximum Gasteiger partial charge on any atom is 0.305 e.